The molecule has 92 valence electrons. The van der Waals surface area contributed by atoms with Crippen molar-refractivity contribution in [1.29, 1.82) is 0 Å². The molecule has 0 spiro atoms. The van der Waals surface area contributed by atoms with Crippen LogP contribution in [0, 0.1) is 0 Å². The first-order valence-electron chi connectivity index (χ1n) is 6.09. The smallest absolute Gasteiger partial charge is 0.257 e. The zero-order chi connectivity index (χ0) is 12.7. The molecule has 1 aromatic carbocycles. The zero-order valence-electron chi connectivity index (χ0n) is 10.0. The van der Waals surface area contributed by atoms with Gasteiger partial charge in [-0.25, -0.2) is 0 Å². The number of amides is 2. The van der Waals surface area contributed by atoms with Crippen molar-refractivity contribution in [2.45, 2.75) is 19.0 Å². The second-order valence-corrected chi connectivity index (χ2v) is 4.55. The summed E-state index contributed by atoms with van der Waals surface area (Å²) in [6.07, 6.45) is 2.94. The van der Waals surface area contributed by atoms with Gasteiger partial charge >= 0.3 is 0 Å². The molecule has 0 bridgehead atoms. The Morgan fingerprint density at radius 3 is 2.94 bits per heavy atom. The molecular weight excluding hydrogens is 228 g/mol. The molecular formula is C14H14N2O2. The van der Waals surface area contributed by atoms with E-state index in [1.54, 1.807) is 15.9 Å². The van der Waals surface area contributed by atoms with Crippen molar-refractivity contribution in [2.75, 3.05) is 11.4 Å². The predicted molar refractivity (Wildman–Crippen MR) is 68.2 cm³/mol. The number of fused-ring (bicyclic) bond motifs is 2. The number of rotatable bonds is 1. The highest BCUT2D eigenvalue weighted by molar-refractivity contribution is 6.10. The van der Waals surface area contributed by atoms with E-state index < -0.39 is 0 Å². The van der Waals surface area contributed by atoms with Gasteiger partial charge < -0.3 is 4.90 Å². The summed E-state index contributed by atoms with van der Waals surface area (Å²) in [6.45, 7) is 4.27. The third-order valence-corrected chi connectivity index (χ3v) is 3.59. The largest absolute Gasteiger partial charge is 0.318 e. The Balaban J connectivity index is 2.17. The van der Waals surface area contributed by atoms with Crippen LogP contribution in [0.25, 0.3) is 0 Å². The van der Waals surface area contributed by atoms with E-state index in [-0.39, 0.29) is 18.0 Å². The molecule has 4 heteroatoms. The van der Waals surface area contributed by atoms with E-state index in [0.29, 0.717) is 11.3 Å². The molecule has 2 heterocycles. The molecule has 1 fully saturated rings. The first kappa shape index (κ1) is 11.0. The van der Waals surface area contributed by atoms with E-state index in [2.05, 4.69) is 6.58 Å². The summed E-state index contributed by atoms with van der Waals surface area (Å²) in [5.41, 5.74) is 1.31. The van der Waals surface area contributed by atoms with Crippen molar-refractivity contribution in [3.05, 3.63) is 42.5 Å². The van der Waals surface area contributed by atoms with Gasteiger partial charge in [0.1, 0.15) is 6.17 Å². The highest BCUT2D eigenvalue weighted by Crippen LogP contribution is 2.35. The lowest BCUT2D eigenvalue weighted by Crippen LogP contribution is -2.53. The second kappa shape index (κ2) is 3.98. The number of benzene rings is 1. The van der Waals surface area contributed by atoms with E-state index in [4.69, 9.17) is 0 Å². The van der Waals surface area contributed by atoms with Crippen molar-refractivity contribution < 1.29 is 9.59 Å². The van der Waals surface area contributed by atoms with Crippen LogP contribution in [-0.4, -0.2) is 29.4 Å². The van der Waals surface area contributed by atoms with Gasteiger partial charge in [-0.05, 0) is 31.1 Å². The topological polar surface area (TPSA) is 40.6 Å². The standard InChI is InChI=1S/C14H14N2O2/c1-2-13(17)16-11-7-4-3-6-10(11)14(18)15-9-5-8-12(15)16/h2-4,6-7,12H,1,5,8-9H2. The first-order chi connectivity index (χ1) is 8.74. The number of para-hydroxylation sites is 1. The van der Waals surface area contributed by atoms with Crippen LogP contribution in [0.1, 0.15) is 23.2 Å². The van der Waals surface area contributed by atoms with Crippen molar-refractivity contribution in [3.8, 4) is 0 Å². The Morgan fingerprint density at radius 2 is 2.17 bits per heavy atom. The molecule has 0 aliphatic carbocycles. The maximum atomic E-state index is 12.3. The fourth-order valence-electron chi connectivity index (χ4n) is 2.80. The second-order valence-electron chi connectivity index (χ2n) is 4.55. The van der Waals surface area contributed by atoms with E-state index in [1.165, 1.54) is 6.08 Å². The van der Waals surface area contributed by atoms with Crippen LogP contribution in [0.2, 0.25) is 0 Å². The molecule has 1 saturated heterocycles. The first-order valence-corrected chi connectivity index (χ1v) is 6.09. The van der Waals surface area contributed by atoms with Crippen LogP contribution >= 0.6 is 0 Å². The number of anilines is 1. The monoisotopic (exact) mass is 242 g/mol. The molecule has 18 heavy (non-hydrogen) atoms. The highest BCUT2D eigenvalue weighted by Gasteiger charge is 2.41. The van der Waals surface area contributed by atoms with Crippen LogP contribution in [0.4, 0.5) is 5.69 Å². The summed E-state index contributed by atoms with van der Waals surface area (Å²) < 4.78 is 0. The average Bonchev–Trinajstić information content (AvgIpc) is 2.88. The summed E-state index contributed by atoms with van der Waals surface area (Å²) in [6, 6.07) is 7.27. The Morgan fingerprint density at radius 1 is 1.39 bits per heavy atom. The van der Waals surface area contributed by atoms with Crippen molar-refractivity contribution in [2.24, 2.45) is 0 Å². The zero-order valence-corrected chi connectivity index (χ0v) is 10.0. The quantitative estimate of drug-likeness (QED) is 0.704. The third-order valence-electron chi connectivity index (χ3n) is 3.59. The third kappa shape index (κ3) is 1.38. The fraction of sp³-hybridized carbons (Fsp3) is 0.286. The molecule has 0 aromatic heterocycles. The normalized spacial score (nSPS) is 21.6. The summed E-state index contributed by atoms with van der Waals surface area (Å²) in [5.74, 6) is -0.118. The Kier molecular flexibility index (Phi) is 2.44. The summed E-state index contributed by atoms with van der Waals surface area (Å²) >= 11 is 0. The number of hydrogen-bond donors (Lipinski definition) is 0. The lowest BCUT2D eigenvalue weighted by molar-refractivity contribution is -0.115. The SMILES string of the molecule is C=CC(=O)N1c2ccccc2C(=O)N2CCCC21. The number of carbonyl (C=O) groups is 2. The molecule has 2 aliphatic heterocycles. The van der Waals surface area contributed by atoms with Crippen LogP contribution in [-0.2, 0) is 4.79 Å². The molecule has 1 aromatic rings. The van der Waals surface area contributed by atoms with Crippen LogP contribution < -0.4 is 4.90 Å². The Labute approximate surface area is 105 Å². The summed E-state index contributed by atoms with van der Waals surface area (Å²) in [4.78, 5) is 27.8. The van der Waals surface area contributed by atoms with E-state index in [9.17, 15) is 9.59 Å². The predicted octanol–water partition coefficient (Wildman–Crippen LogP) is 1.78. The molecule has 4 nitrogen and oxygen atoms in total. The Bertz CT molecular complexity index is 538. The van der Waals surface area contributed by atoms with Crippen LogP contribution in [0.15, 0.2) is 36.9 Å². The maximum Gasteiger partial charge on any atom is 0.257 e. The van der Waals surface area contributed by atoms with Gasteiger partial charge in [0.05, 0.1) is 11.3 Å². The number of carbonyl (C=O) groups excluding carboxylic acids is 2. The van der Waals surface area contributed by atoms with Crippen molar-refractivity contribution in [1.82, 2.24) is 4.90 Å². The van der Waals surface area contributed by atoms with Crippen LogP contribution in [0.5, 0.6) is 0 Å². The van der Waals surface area contributed by atoms with E-state index in [0.717, 1.165) is 19.4 Å². The van der Waals surface area contributed by atoms with Gasteiger partial charge in [0.2, 0.25) is 0 Å². The molecule has 0 saturated carbocycles. The lowest BCUT2D eigenvalue weighted by Gasteiger charge is -2.40. The summed E-state index contributed by atoms with van der Waals surface area (Å²) in [5, 5.41) is 0. The number of nitrogens with zero attached hydrogens (tertiary/aromatic N) is 2. The minimum absolute atomic E-state index is 0.0289. The molecule has 1 atom stereocenters. The fourth-order valence-corrected chi connectivity index (χ4v) is 2.80. The minimum Gasteiger partial charge on any atom is -0.318 e. The van der Waals surface area contributed by atoms with Gasteiger partial charge in [-0.3, -0.25) is 14.5 Å². The van der Waals surface area contributed by atoms with Crippen LogP contribution in [0.3, 0.4) is 0 Å². The molecule has 2 amide bonds. The van der Waals surface area contributed by atoms with Crippen molar-refractivity contribution in [3.63, 3.8) is 0 Å². The summed E-state index contributed by atoms with van der Waals surface area (Å²) in [7, 11) is 0. The molecule has 0 radical (unpaired) electrons. The maximum absolute atomic E-state index is 12.3. The average molecular weight is 242 g/mol. The minimum atomic E-state index is -0.146. The Hall–Kier alpha value is -2.10. The molecule has 1 unspecified atom stereocenters. The van der Waals surface area contributed by atoms with E-state index in [1.807, 2.05) is 18.2 Å². The van der Waals surface area contributed by atoms with Gasteiger partial charge in [-0.2, -0.15) is 0 Å². The van der Waals surface area contributed by atoms with Gasteiger partial charge in [0.15, 0.2) is 0 Å². The van der Waals surface area contributed by atoms with Gasteiger partial charge in [-0.1, -0.05) is 18.7 Å². The molecule has 0 N–H and O–H groups in total. The van der Waals surface area contributed by atoms with Crippen molar-refractivity contribution >= 4 is 17.5 Å². The molecule has 2 aliphatic rings. The lowest BCUT2D eigenvalue weighted by atomic mass is 10.1. The highest BCUT2D eigenvalue weighted by atomic mass is 16.2. The van der Waals surface area contributed by atoms with Gasteiger partial charge in [0.25, 0.3) is 11.8 Å². The van der Waals surface area contributed by atoms with Gasteiger partial charge in [0, 0.05) is 6.54 Å². The number of hydrogen-bond acceptors (Lipinski definition) is 2. The molecule has 3 rings (SSSR count). The van der Waals surface area contributed by atoms with Gasteiger partial charge in [-0.15, -0.1) is 0 Å². The van der Waals surface area contributed by atoms with E-state index >= 15 is 0 Å².